The highest BCUT2D eigenvalue weighted by Gasteiger charge is 2.23. The molecule has 106 valence electrons. The fourth-order valence-electron chi connectivity index (χ4n) is 2.67. The van der Waals surface area contributed by atoms with Gasteiger partial charge in [0.25, 0.3) is 0 Å². The molecule has 5 heteroatoms. The number of aliphatic hydroxyl groups is 1. The van der Waals surface area contributed by atoms with Crippen LogP contribution in [-0.4, -0.2) is 49.3 Å². The van der Waals surface area contributed by atoms with Crippen LogP contribution in [0.4, 0.5) is 15.8 Å². The summed E-state index contributed by atoms with van der Waals surface area (Å²) in [4.78, 5) is 4.24. The van der Waals surface area contributed by atoms with Crippen molar-refractivity contribution in [3.05, 3.63) is 24.0 Å². The Labute approximate surface area is 113 Å². The zero-order valence-electron chi connectivity index (χ0n) is 11.3. The van der Waals surface area contributed by atoms with Gasteiger partial charge in [0.05, 0.1) is 12.3 Å². The van der Waals surface area contributed by atoms with E-state index in [4.69, 9.17) is 10.8 Å². The van der Waals surface area contributed by atoms with Crippen molar-refractivity contribution in [3.63, 3.8) is 0 Å². The second-order valence-corrected chi connectivity index (χ2v) is 5.13. The average Bonchev–Trinajstić information content (AvgIpc) is 2.39. The third kappa shape index (κ3) is 3.36. The van der Waals surface area contributed by atoms with Crippen molar-refractivity contribution < 1.29 is 9.50 Å². The summed E-state index contributed by atoms with van der Waals surface area (Å²) in [7, 11) is 2.03. The van der Waals surface area contributed by atoms with Gasteiger partial charge in [0.1, 0.15) is 5.82 Å². The molecule has 19 heavy (non-hydrogen) atoms. The molecule has 1 aliphatic heterocycles. The fraction of sp³-hybridized carbons (Fsp3) is 0.571. The van der Waals surface area contributed by atoms with Crippen molar-refractivity contribution in [2.45, 2.75) is 18.9 Å². The maximum Gasteiger partial charge on any atom is 0.148 e. The molecule has 0 aromatic heterocycles. The van der Waals surface area contributed by atoms with Gasteiger partial charge in [-0.1, -0.05) is 0 Å². The summed E-state index contributed by atoms with van der Waals surface area (Å²) in [6.07, 6.45) is 1.97. The van der Waals surface area contributed by atoms with E-state index in [9.17, 15) is 4.39 Å². The topological polar surface area (TPSA) is 52.7 Å². The first-order valence-corrected chi connectivity index (χ1v) is 6.73. The number of nitrogens with two attached hydrogens (primary N) is 1. The van der Waals surface area contributed by atoms with E-state index in [0.717, 1.165) is 25.9 Å². The van der Waals surface area contributed by atoms with E-state index in [1.54, 1.807) is 12.1 Å². The van der Waals surface area contributed by atoms with Gasteiger partial charge in [0.15, 0.2) is 0 Å². The second-order valence-electron chi connectivity index (χ2n) is 5.13. The number of likely N-dealkylation sites (N-methyl/N-ethyl adjacent to an activating group) is 1. The Morgan fingerprint density at radius 1 is 1.42 bits per heavy atom. The number of rotatable bonds is 4. The molecule has 2 rings (SSSR count). The monoisotopic (exact) mass is 267 g/mol. The number of aliphatic hydroxyl groups excluding tert-OH is 1. The zero-order chi connectivity index (χ0) is 13.8. The molecule has 0 radical (unpaired) electrons. The summed E-state index contributed by atoms with van der Waals surface area (Å²) in [5.74, 6) is -0.248. The number of hydrogen-bond acceptors (Lipinski definition) is 4. The highest BCUT2D eigenvalue weighted by atomic mass is 19.1. The van der Waals surface area contributed by atoms with Gasteiger partial charge >= 0.3 is 0 Å². The highest BCUT2D eigenvalue weighted by Crippen LogP contribution is 2.25. The first kappa shape index (κ1) is 14.1. The number of halogens is 1. The summed E-state index contributed by atoms with van der Waals surface area (Å²) < 4.78 is 13.8. The van der Waals surface area contributed by atoms with Crippen molar-refractivity contribution in [2.75, 3.05) is 43.9 Å². The predicted octanol–water partition coefficient (Wildman–Crippen LogP) is 1.30. The molecule has 0 saturated carbocycles. The SMILES string of the molecule is CN(CCO)C1CCN(c2ccc(N)cc2F)CC1. The smallest absolute Gasteiger partial charge is 0.148 e. The molecule has 0 unspecified atom stereocenters. The lowest BCUT2D eigenvalue weighted by atomic mass is 10.0. The van der Waals surface area contributed by atoms with Crippen LogP contribution in [0.25, 0.3) is 0 Å². The van der Waals surface area contributed by atoms with E-state index in [1.807, 2.05) is 7.05 Å². The number of benzene rings is 1. The van der Waals surface area contributed by atoms with Crippen LogP contribution in [0.15, 0.2) is 18.2 Å². The third-order valence-electron chi connectivity index (χ3n) is 3.85. The van der Waals surface area contributed by atoms with Gasteiger partial charge < -0.3 is 20.6 Å². The quantitative estimate of drug-likeness (QED) is 0.807. The van der Waals surface area contributed by atoms with Gasteiger partial charge in [-0.05, 0) is 38.1 Å². The molecule has 4 nitrogen and oxygen atoms in total. The summed E-state index contributed by atoms with van der Waals surface area (Å²) in [5, 5.41) is 8.95. The number of piperidine rings is 1. The van der Waals surface area contributed by atoms with Crippen LogP contribution in [0.5, 0.6) is 0 Å². The van der Waals surface area contributed by atoms with Gasteiger partial charge in [0.2, 0.25) is 0 Å². The average molecular weight is 267 g/mol. The molecule has 0 aliphatic carbocycles. The Balaban J connectivity index is 1.96. The maximum atomic E-state index is 13.8. The number of anilines is 2. The van der Waals surface area contributed by atoms with E-state index < -0.39 is 0 Å². The summed E-state index contributed by atoms with van der Waals surface area (Å²) in [6.45, 7) is 2.55. The lowest BCUT2D eigenvalue weighted by Gasteiger charge is -2.37. The van der Waals surface area contributed by atoms with Gasteiger partial charge in [-0.3, -0.25) is 0 Å². The molecule has 0 bridgehead atoms. The van der Waals surface area contributed by atoms with Crippen LogP contribution in [0.2, 0.25) is 0 Å². The van der Waals surface area contributed by atoms with Crippen molar-refractivity contribution in [2.24, 2.45) is 0 Å². The summed E-state index contributed by atoms with van der Waals surface area (Å²) >= 11 is 0. The standard InChI is InChI=1S/C14H22FN3O/c1-17(8-9-19)12-4-6-18(7-5-12)14-3-2-11(16)10-13(14)15/h2-3,10,12,19H,4-9,16H2,1H3. The summed E-state index contributed by atoms with van der Waals surface area (Å²) in [6, 6.07) is 5.34. The van der Waals surface area contributed by atoms with Crippen molar-refractivity contribution >= 4 is 11.4 Å². The molecule has 3 N–H and O–H groups in total. The Morgan fingerprint density at radius 3 is 2.68 bits per heavy atom. The van der Waals surface area contributed by atoms with Gasteiger partial charge in [-0.15, -0.1) is 0 Å². The predicted molar refractivity (Wildman–Crippen MR) is 75.8 cm³/mol. The minimum absolute atomic E-state index is 0.184. The Kier molecular flexibility index (Phi) is 4.61. The summed E-state index contributed by atoms with van der Waals surface area (Å²) in [5.41, 5.74) is 6.66. The molecule has 0 spiro atoms. The van der Waals surface area contributed by atoms with Crippen LogP contribution in [0, 0.1) is 5.82 Å². The minimum atomic E-state index is -0.248. The largest absolute Gasteiger partial charge is 0.399 e. The lowest BCUT2D eigenvalue weighted by Crippen LogP contribution is -2.44. The minimum Gasteiger partial charge on any atom is -0.399 e. The molecule has 1 aromatic rings. The maximum absolute atomic E-state index is 13.8. The zero-order valence-corrected chi connectivity index (χ0v) is 11.3. The molecule has 1 aliphatic rings. The Morgan fingerprint density at radius 2 is 2.11 bits per heavy atom. The van der Waals surface area contributed by atoms with E-state index in [2.05, 4.69) is 9.80 Å². The van der Waals surface area contributed by atoms with E-state index in [-0.39, 0.29) is 12.4 Å². The molecule has 1 saturated heterocycles. The van der Waals surface area contributed by atoms with Gasteiger partial charge in [-0.2, -0.15) is 0 Å². The fourth-order valence-corrected chi connectivity index (χ4v) is 2.67. The normalized spacial score (nSPS) is 17.2. The van der Waals surface area contributed by atoms with Crippen LogP contribution >= 0.6 is 0 Å². The van der Waals surface area contributed by atoms with Crippen LogP contribution in [-0.2, 0) is 0 Å². The molecular weight excluding hydrogens is 245 g/mol. The number of nitrogens with zero attached hydrogens (tertiary/aromatic N) is 2. The first-order chi connectivity index (χ1) is 9.11. The molecule has 1 aromatic carbocycles. The highest BCUT2D eigenvalue weighted by molar-refractivity contribution is 5.54. The molecular formula is C14H22FN3O. The molecule has 1 heterocycles. The van der Waals surface area contributed by atoms with Gasteiger partial charge in [0, 0.05) is 31.4 Å². The van der Waals surface area contributed by atoms with Crippen molar-refractivity contribution in [3.8, 4) is 0 Å². The van der Waals surface area contributed by atoms with Gasteiger partial charge in [-0.25, -0.2) is 4.39 Å². The molecule has 0 amide bonds. The Bertz CT molecular complexity index is 419. The second kappa shape index (κ2) is 6.21. The molecule has 0 atom stereocenters. The van der Waals surface area contributed by atoms with Crippen LogP contribution in [0.1, 0.15) is 12.8 Å². The lowest BCUT2D eigenvalue weighted by molar-refractivity contribution is 0.161. The van der Waals surface area contributed by atoms with E-state index in [0.29, 0.717) is 24.0 Å². The number of hydrogen-bond donors (Lipinski definition) is 2. The van der Waals surface area contributed by atoms with E-state index >= 15 is 0 Å². The Hall–Kier alpha value is -1.33. The van der Waals surface area contributed by atoms with Crippen molar-refractivity contribution in [1.82, 2.24) is 4.90 Å². The van der Waals surface area contributed by atoms with Crippen LogP contribution < -0.4 is 10.6 Å². The third-order valence-corrected chi connectivity index (χ3v) is 3.85. The van der Waals surface area contributed by atoms with Crippen molar-refractivity contribution in [1.29, 1.82) is 0 Å². The molecule has 1 fully saturated rings. The van der Waals surface area contributed by atoms with E-state index in [1.165, 1.54) is 6.07 Å². The van der Waals surface area contributed by atoms with Crippen LogP contribution in [0.3, 0.4) is 0 Å². The number of nitrogen functional groups attached to an aromatic ring is 1. The first-order valence-electron chi connectivity index (χ1n) is 6.73.